The molecule has 0 amide bonds. The van der Waals surface area contributed by atoms with Crippen LogP contribution in [0.1, 0.15) is 22.8 Å². The van der Waals surface area contributed by atoms with Gasteiger partial charge in [0.15, 0.2) is 0 Å². The molecule has 0 aliphatic rings. The third-order valence-corrected chi connectivity index (χ3v) is 7.88. The van der Waals surface area contributed by atoms with Gasteiger partial charge in [0, 0.05) is 32.1 Å². The Kier molecular flexibility index (Phi) is 9.19. The van der Waals surface area contributed by atoms with E-state index in [2.05, 4.69) is 0 Å². The van der Waals surface area contributed by atoms with Gasteiger partial charge in [0.2, 0.25) is 16.4 Å². The molecule has 1 unspecified atom stereocenters. The molecule has 0 fully saturated rings. The summed E-state index contributed by atoms with van der Waals surface area (Å²) in [7, 11) is -3.70. The molecule has 37 heavy (non-hydrogen) atoms. The van der Waals surface area contributed by atoms with E-state index in [1.807, 2.05) is 40.0 Å². The summed E-state index contributed by atoms with van der Waals surface area (Å²) in [4.78, 5) is 0.0989. The third-order valence-electron chi connectivity index (χ3n) is 5.80. The number of ether oxygens (including phenoxy) is 1. The maximum atomic E-state index is 11.4. The van der Waals surface area contributed by atoms with Gasteiger partial charge in [-0.15, -0.1) is 0 Å². The number of nitrogens with two attached hydrogens (primary N) is 1. The Morgan fingerprint density at radius 2 is 1.59 bits per heavy atom. The molecule has 4 aromatic rings. The van der Waals surface area contributed by atoms with Crippen LogP contribution in [0.4, 0.5) is 0 Å². The summed E-state index contributed by atoms with van der Waals surface area (Å²) in [6.45, 7) is 1.48. The molecule has 0 aliphatic carbocycles. The first kappa shape index (κ1) is 27.9. The number of primary sulfonamides is 1. The minimum atomic E-state index is -3.70. The van der Waals surface area contributed by atoms with Gasteiger partial charge in [-0.05, 0) is 47.5 Å². The number of aromatic nitrogens is 2. The molecule has 194 valence electrons. The number of halogens is 4. The van der Waals surface area contributed by atoms with Crippen molar-refractivity contribution in [2.45, 2.75) is 37.1 Å². The minimum Gasteiger partial charge on any atom is -0.365 e. The van der Waals surface area contributed by atoms with Crippen LogP contribution >= 0.6 is 46.4 Å². The van der Waals surface area contributed by atoms with Gasteiger partial charge < -0.3 is 4.74 Å². The molecule has 0 spiro atoms. The van der Waals surface area contributed by atoms with Crippen molar-refractivity contribution in [3.63, 3.8) is 0 Å². The van der Waals surface area contributed by atoms with Crippen molar-refractivity contribution < 1.29 is 17.7 Å². The lowest BCUT2D eigenvalue weighted by molar-refractivity contribution is -0.704. The number of rotatable bonds is 10. The van der Waals surface area contributed by atoms with Gasteiger partial charge >= 0.3 is 0 Å². The van der Waals surface area contributed by atoms with Crippen LogP contribution in [0.3, 0.4) is 0 Å². The molecule has 0 bridgehead atoms. The van der Waals surface area contributed by atoms with E-state index in [1.54, 1.807) is 36.4 Å². The highest BCUT2D eigenvalue weighted by Crippen LogP contribution is 2.31. The van der Waals surface area contributed by atoms with Gasteiger partial charge in [0.25, 0.3) is 0 Å². The Balaban J connectivity index is 1.46. The van der Waals surface area contributed by atoms with E-state index in [-0.39, 0.29) is 17.6 Å². The molecule has 1 heterocycles. The van der Waals surface area contributed by atoms with Gasteiger partial charge in [0.05, 0.1) is 18.0 Å². The van der Waals surface area contributed by atoms with Crippen molar-refractivity contribution in [1.82, 2.24) is 4.57 Å². The summed E-state index contributed by atoms with van der Waals surface area (Å²) in [5.41, 5.74) is 2.63. The zero-order chi connectivity index (χ0) is 26.6. The summed E-state index contributed by atoms with van der Waals surface area (Å²) in [6.07, 6.45) is 6.25. The van der Waals surface area contributed by atoms with Crippen LogP contribution in [-0.2, 0) is 40.9 Å². The third kappa shape index (κ3) is 7.71. The predicted octanol–water partition coefficient (Wildman–Crippen LogP) is 6.24. The summed E-state index contributed by atoms with van der Waals surface area (Å²) < 4.78 is 33.2. The molecule has 2 N–H and O–H groups in total. The van der Waals surface area contributed by atoms with Crippen molar-refractivity contribution in [2.24, 2.45) is 5.14 Å². The predicted molar refractivity (Wildman–Crippen MR) is 147 cm³/mol. The zero-order valence-electron chi connectivity index (χ0n) is 19.5. The van der Waals surface area contributed by atoms with Crippen LogP contribution in [0.5, 0.6) is 0 Å². The maximum absolute atomic E-state index is 11.4. The molecule has 4 rings (SSSR count). The Morgan fingerprint density at radius 3 is 2.24 bits per heavy atom. The van der Waals surface area contributed by atoms with Crippen LogP contribution in [0.2, 0.25) is 20.1 Å². The van der Waals surface area contributed by atoms with Crippen molar-refractivity contribution in [1.29, 1.82) is 0 Å². The quantitative estimate of drug-likeness (QED) is 0.219. The van der Waals surface area contributed by atoms with Crippen LogP contribution in [0.25, 0.3) is 0 Å². The molecule has 6 nitrogen and oxygen atoms in total. The first-order valence-corrected chi connectivity index (χ1v) is 14.3. The number of aryl methyl sites for hydroxylation is 2. The molecule has 1 atom stereocenters. The number of imidazole rings is 1. The monoisotopic (exact) mass is 598 g/mol. The number of sulfonamides is 1. The summed E-state index contributed by atoms with van der Waals surface area (Å²) in [5.74, 6) is 0. The van der Waals surface area contributed by atoms with Crippen molar-refractivity contribution in [3.8, 4) is 0 Å². The number of hydrogen-bond acceptors (Lipinski definition) is 3. The topological polar surface area (TPSA) is 78.2 Å². The molecular formula is C26H24Cl4N3O3S+. The highest BCUT2D eigenvalue weighted by molar-refractivity contribution is 7.89. The Morgan fingerprint density at radius 1 is 0.919 bits per heavy atom. The highest BCUT2D eigenvalue weighted by Gasteiger charge is 2.21. The average Bonchev–Trinajstić information content (AvgIpc) is 3.28. The Labute approximate surface area is 236 Å². The lowest BCUT2D eigenvalue weighted by Crippen LogP contribution is -2.35. The van der Waals surface area contributed by atoms with Crippen molar-refractivity contribution in [3.05, 3.63) is 116 Å². The fourth-order valence-corrected chi connectivity index (χ4v) is 5.32. The highest BCUT2D eigenvalue weighted by atomic mass is 35.5. The van der Waals surface area contributed by atoms with Gasteiger partial charge in [0.1, 0.15) is 25.0 Å². The fraction of sp³-hybridized carbons (Fsp3) is 0.192. The number of benzene rings is 3. The average molecular weight is 600 g/mol. The SMILES string of the molecule is NS(=O)(=O)c1ccc(CCn2cc[n+](CC(OCc3ccc(Cl)cc3Cl)c3ccc(Cl)cc3Cl)c2)cc1. The lowest BCUT2D eigenvalue weighted by Gasteiger charge is -2.19. The second-order valence-electron chi connectivity index (χ2n) is 8.49. The van der Waals surface area contributed by atoms with E-state index < -0.39 is 10.0 Å². The van der Waals surface area contributed by atoms with E-state index in [0.717, 1.165) is 23.1 Å². The smallest absolute Gasteiger partial charge is 0.243 e. The fourth-order valence-electron chi connectivity index (χ4n) is 3.81. The van der Waals surface area contributed by atoms with E-state index in [9.17, 15) is 8.42 Å². The molecule has 11 heteroatoms. The van der Waals surface area contributed by atoms with Gasteiger partial charge in [-0.1, -0.05) is 70.7 Å². The molecule has 0 aliphatic heterocycles. The molecule has 0 radical (unpaired) electrons. The first-order valence-electron chi connectivity index (χ1n) is 11.3. The zero-order valence-corrected chi connectivity index (χ0v) is 23.4. The Bertz CT molecular complexity index is 1490. The molecule has 0 saturated heterocycles. The molecule has 1 aromatic heterocycles. The summed E-state index contributed by atoms with van der Waals surface area (Å²) in [6, 6.07) is 17.2. The lowest BCUT2D eigenvalue weighted by atomic mass is 10.1. The van der Waals surface area contributed by atoms with Crippen LogP contribution < -0.4 is 9.71 Å². The van der Waals surface area contributed by atoms with E-state index in [0.29, 0.717) is 33.2 Å². The first-order chi connectivity index (χ1) is 17.6. The second kappa shape index (κ2) is 12.2. The largest absolute Gasteiger partial charge is 0.365 e. The molecule has 0 saturated carbocycles. The van der Waals surface area contributed by atoms with E-state index >= 15 is 0 Å². The second-order valence-corrected chi connectivity index (χ2v) is 11.7. The number of nitrogens with zero attached hydrogens (tertiary/aromatic N) is 2. The van der Waals surface area contributed by atoms with Gasteiger partial charge in [-0.3, -0.25) is 0 Å². The minimum absolute atomic E-state index is 0.0989. The van der Waals surface area contributed by atoms with Crippen molar-refractivity contribution >= 4 is 56.4 Å². The maximum Gasteiger partial charge on any atom is 0.243 e. The number of hydrogen-bond donors (Lipinski definition) is 1. The van der Waals surface area contributed by atoms with Gasteiger partial charge in [-0.2, -0.15) is 0 Å². The van der Waals surface area contributed by atoms with Crippen LogP contribution in [-0.4, -0.2) is 13.0 Å². The van der Waals surface area contributed by atoms with Crippen molar-refractivity contribution in [2.75, 3.05) is 0 Å². The molecule has 3 aromatic carbocycles. The van der Waals surface area contributed by atoms with E-state index in [4.69, 9.17) is 56.3 Å². The summed E-state index contributed by atoms with van der Waals surface area (Å²) in [5, 5.41) is 7.32. The van der Waals surface area contributed by atoms with E-state index in [1.165, 1.54) is 12.1 Å². The van der Waals surface area contributed by atoms with Crippen LogP contribution in [0.15, 0.2) is 84.3 Å². The summed E-state index contributed by atoms with van der Waals surface area (Å²) >= 11 is 25.0. The Hall–Kier alpha value is -2.10. The standard InChI is InChI=1S/C26H24Cl4N3O3S/c27-20-4-3-19(24(29)13-20)16-36-26(23-8-5-21(28)14-25(23)30)15-33-12-11-32(17-33)10-9-18-1-6-22(7-2-18)37(31,34)35/h1-8,11-14,17,26H,9-10,15-16H2,(H2,31,34,35)/q+1. The molecular weight excluding hydrogens is 576 g/mol. The normalized spacial score (nSPS) is 12.6. The van der Waals surface area contributed by atoms with Gasteiger partial charge in [-0.25, -0.2) is 22.7 Å². The van der Waals surface area contributed by atoms with Crippen LogP contribution in [0, 0.1) is 0 Å².